The fourth-order valence-corrected chi connectivity index (χ4v) is 5.48. The third-order valence-corrected chi connectivity index (χ3v) is 7.77. The van der Waals surface area contributed by atoms with E-state index in [1.54, 1.807) is 26.1 Å². The zero-order chi connectivity index (χ0) is 26.7. The number of rotatable bonds is 9. The van der Waals surface area contributed by atoms with Crippen molar-refractivity contribution in [3.63, 3.8) is 0 Å². The van der Waals surface area contributed by atoms with E-state index in [-0.39, 0.29) is 30.3 Å². The molecule has 0 aromatic heterocycles. The molecule has 3 aromatic rings. The number of aryl methyl sites for hydroxylation is 1. The average molecular weight is 571 g/mol. The molecule has 11 nitrogen and oxygen atoms in total. The lowest BCUT2D eigenvalue weighted by atomic mass is 10.0. The molecule has 0 atom stereocenters. The molecular weight excluding hydrogens is 544 g/mol. The highest BCUT2D eigenvalue weighted by Gasteiger charge is 2.23. The third-order valence-electron chi connectivity index (χ3n) is 5.08. The number of anilines is 1. The molecule has 0 aliphatic rings. The monoisotopic (exact) mass is 570 g/mol. The summed E-state index contributed by atoms with van der Waals surface area (Å²) in [5, 5.41) is 24.6. The molecule has 3 rings (SSSR count). The molecule has 0 aliphatic heterocycles. The molecule has 0 saturated heterocycles. The second-order valence-corrected chi connectivity index (χ2v) is 11.7. The molecule has 0 fully saturated rings. The summed E-state index contributed by atoms with van der Waals surface area (Å²) in [6.07, 6.45) is 0. The number of benzene rings is 3. The van der Waals surface area contributed by atoms with Crippen LogP contribution in [-0.4, -0.2) is 57.0 Å². The van der Waals surface area contributed by atoms with Gasteiger partial charge < -0.3 is 15.7 Å². The molecule has 200 valence electrons. The summed E-state index contributed by atoms with van der Waals surface area (Å²) >= 11 is 5.43. The second kappa shape index (κ2) is 11.9. The Labute approximate surface area is 220 Å². The van der Waals surface area contributed by atoms with Crippen molar-refractivity contribution in [3.05, 3.63) is 53.6 Å². The number of aromatic hydroxyl groups is 1. The summed E-state index contributed by atoms with van der Waals surface area (Å²) in [7, 11) is -6.65. The molecule has 0 spiro atoms. The van der Waals surface area contributed by atoms with Crippen LogP contribution in [0.25, 0.3) is 10.8 Å². The van der Waals surface area contributed by atoms with Crippen molar-refractivity contribution >= 4 is 65.3 Å². The van der Waals surface area contributed by atoms with Gasteiger partial charge in [0, 0.05) is 29.6 Å². The predicted molar refractivity (Wildman–Crippen MR) is 144 cm³/mol. The standard InChI is InChI=1S/C22H23ClN4O7S2.CH4/c1-13-9-15-11-18(36(32,33)34)20(21(28)19(15)17(10-13)24-2)27-26-16-5-3-14(4-6-16)22(29)25-12-35(30,31)8-7-23;/h3-6,9-11,24,28H,7-8,12H2,1-2H3,(H,25,29)(H,32,33,34);1H4. The van der Waals surface area contributed by atoms with Crippen LogP contribution >= 0.6 is 11.6 Å². The Balaban J connectivity index is 0.00000481. The number of alkyl halides is 1. The van der Waals surface area contributed by atoms with E-state index in [0.717, 1.165) is 5.56 Å². The first-order chi connectivity index (χ1) is 16.9. The predicted octanol–water partition coefficient (Wildman–Crippen LogP) is 4.53. The van der Waals surface area contributed by atoms with Crippen molar-refractivity contribution < 1.29 is 31.3 Å². The number of amides is 1. The summed E-state index contributed by atoms with van der Waals surface area (Å²) in [4.78, 5) is 11.6. The number of phenols is 1. The van der Waals surface area contributed by atoms with E-state index >= 15 is 0 Å². The lowest BCUT2D eigenvalue weighted by Gasteiger charge is -2.13. The number of hydrogen-bond acceptors (Lipinski definition) is 9. The summed E-state index contributed by atoms with van der Waals surface area (Å²) < 4.78 is 57.2. The summed E-state index contributed by atoms with van der Waals surface area (Å²) in [5.41, 5.74) is 1.19. The van der Waals surface area contributed by atoms with E-state index in [1.165, 1.54) is 30.3 Å². The second-order valence-electron chi connectivity index (χ2n) is 7.74. The maximum atomic E-state index is 12.2. The molecule has 0 heterocycles. The Morgan fingerprint density at radius 1 is 1.05 bits per heavy atom. The van der Waals surface area contributed by atoms with Gasteiger partial charge in [-0.25, -0.2) is 8.42 Å². The zero-order valence-corrected chi connectivity index (χ0v) is 21.6. The van der Waals surface area contributed by atoms with Crippen molar-refractivity contribution in [2.75, 3.05) is 29.9 Å². The van der Waals surface area contributed by atoms with Crippen molar-refractivity contribution in [2.24, 2.45) is 10.2 Å². The Morgan fingerprint density at radius 3 is 2.27 bits per heavy atom. The summed E-state index contributed by atoms with van der Waals surface area (Å²) in [5.74, 6) is -2.04. The molecule has 4 N–H and O–H groups in total. The highest BCUT2D eigenvalue weighted by atomic mass is 35.5. The Hall–Kier alpha value is -3.26. The molecule has 0 bridgehead atoms. The fourth-order valence-electron chi connectivity index (χ4n) is 3.38. The molecule has 0 radical (unpaired) electrons. The quantitative estimate of drug-likeness (QED) is 0.165. The normalized spacial score (nSPS) is 11.9. The van der Waals surface area contributed by atoms with Crippen LogP contribution in [0, 0.1) is 6.92 Å². The first-order valence-corrected chi connectivity index (χ1v) is 14.2. The van der Waals surface area contributed by atoms with E-state index in [2.05, 4.69) is 20.9 Å². The van der Waals surface area contributed by atoms with Gasteiger partial charge in [0.1, 0.15) is 16.5 Å². The van der Waals surface area contributed by atoms with E-state index in [0.29, 0.717) is 16.5 Å². The largest absolute Gasteiger partial charge is 0.505 e. The minimum absolute atomic E-state index is 0. The molecular formula is C23H27ClN4O7S2. The Kier molecular flexibility index (Phi) is 9.60. The number of halogens is 1. The first-order valence-electron chi connectivity index (χ1n) is 10.4. The number of sulfone groups is 1. The van der Waals surface area contributed by atoms with Gasteiger partial charge in [0.2, 0.25) is 0 Å². The number of hydrogen-bond donors (Lipinski definition) is 4. The van der Waals surface area contributed by atoms with Gasteiger partial charge in [-0.1, -0.05) is 13.5 Å². The number of carbonyl (C=O) groups excluding carboxylic acids is 1. The van der Waals surface area contributed by atoms with E-state index in [1.807, 2.05) is 0 Å². The van der Waals surface area contributed by atoms with Crippen LogP contribution in [0.15, 0.2) is 57.6 Å². The van der Waals surface area contributed by atoms with Crippen LogP contribution in [-0.2, 0) is 20.0 Å². The maximum Gasteiger partial charge on any atom is 0.296 e. The van der Waals surface area contributed by atoms with Gasteiger partial charge in [-0.05, 0) is 54.3 Å². The van der Waals surface area contributed by atoms with Crippen LogP contribution in [0.2, 0.25) is 0 Å². The molecule has 3 aromatic carbocycles. The van der Waals surface area contributed by atoms with Gasteiger partial charge in [0.25, 0.3) is 16.0 Å². The van der Waals surface area contributed by atoms with E-state index < -0.39 is 48.1 Å². The number of carbonyl (C=O) groups is 1. The summed E-state index contributed by atoms with van der Waals surface area (Å²) in [6.45, 7) is 1.79. The van der Waals surface area contributed by atoms with Gasteiger partial charge in [-0.3, -0.25) is 9.35 Å². The van der Waals surface area contributed by atoms with Gasteiger partial charge in [-0.2, -0.15) is 13.5 Å². The zero-order valence-electron chi connectivity index (χ0n) is 19.2. The number of azo groups is 1. The highest BCUT2D eigenvalue weighted by molar-refractivity contribution is 7.91. The van der Waals surface area contributed by atoms with Gasteiger partial charge in [0.15, 0.2) is 15.6 Å². The van der Waals surface area contributed by atoms with E-state index in [9.17, 15) is 31.3 Å². The van der Waals surface area contributed by atoms with Crippen molar-refractivity contribution in [3.8, 4) is 5.75 Å². The number of nitrogens with zero attached hydrogens (tertiary/aromatic N) is 2. The first kappa shape index (κ1) is 30.0. The average Bonchev–Trinajstić information content (AvgIpc) is 2.80. The topological polar surface area (TPSA) is 175 Å². The van der Waals surface area contributed by atoms with Gasteiger partial charge in [-0.15, -0.1) is 16.7 Å². The fraction of sp³-hybridized carbons (Fsp3) is 0.261. The minimum atomic E-state index is -4.77. The van der Waals surface area contributed by atoms with Crippen LogP contribution in [0.1, 0.15) is 23.3 Å². The SMILES string of the molecule is C.CNc1cc(C)cc2cc(S(=O)(=O)O)c(N=Nc3ccc(C(=O)NCS(=O)(=O)CCCl)cc3)c(O)c12. The lowest BCUT2D eigenvalue weighted by Crippen LogP contribution is -2.31. The van der Waals surface area contributed by atoms with Crippen LogP contribution in [0.5, 0.6) is 5.75 Å². The Bertz CT molecular complexity index is 1560. The van der Waals surface area contributed by atoms with Crippen LogP contribution in [0.3, 0.4) is 0 Å². The van der Waals surface area contributed by atoms with Gasteiger partial charge >= 0.3 is 0 Å². The smallest absolute Gasteiger partial charge is 0.296 e. The van der Waals surface area contributed by atoms with Crippen molar-refractivity contribution in [2.45, 2.75) is 19.2 Å². The molecule has 0 saturated carbocycles. The molecule has 37 heavy (non-hydrogen) atoms. The number of phenolic OH excluding ortho intramolecular Hbond substituents is 1. The number of fused-ring (bicyclic) bond motifs is 1. The molecule has 1 amide bonds. The lowest BCUT2D eigenvalue weighted by molar-refractivity contribution is 0.0960. The third kappa shape index (κ3) is 7.16. The van der Waals surface area contributed by atoms with Gasteiger partial charge in [0.05, 0.1) is 11.4 Å². The molecule has 14 heteroatoms. The van der Waals surface area contributed by atoms with Crippen LogP contribution < -0.4 is 10.6 Å². The molecule has 0 aliphatic carbocycles. The molecule has 0 unspecified atom stereocenters. The van der Waals surface area contributed by atoms with E-state index in [4.69, 9.17) is 11.6 Å². The highest BCUT2D eigenvalue weighted by Crippen LogP contribution is 2.44. The van der Waals surface area contributed by atoms with Crippen LogP contribution in [0.4, 0.5) is 17.1 Å². The Morgan fingerprint density at radius 2 is 1.70 bits per heavy atom. The summed E-state index contributed by atoms with van der Waals surface area (Å²) in [6, 6.07) is 10.1. The van der Waals surface area contributed by atoms with Crippen molar-refractivity contribution in [1.29, 1.82) is 0 Å². The number of nitrogens with one attached hydrogen (secondary N) is 2. The maximum absolute atomic E-state index is 12.2. The minimum Gasteiger partial charge on any atom is -0.505 e. The van der Waals surface area contributed by atoms with Crippen molar-refractivity contribution in [1.82, 2.24) is 5.32 Å².